The molecule has 1 heterocycles. The summed E-state index contributed by atoms with van der Waals surface area (Å²) in [6.07, 6.45) is 1.46. The highest BCUT2D eigenvalue weighted by molar-refractivity contribution is 6.44. The van der Waals surface area contributed by atoms with Crippen LogP contribution in [0.4, 0.5) is 0 Å². The van der Waals surface area contributed by atoms with Crippen molar-refractivity contribution in [2.75, 3.05) is 27.4 Å². The highest BCUT2D eigenvalue weighted by atomic mass is 16.5. The van der Waals surface area contributed by atoms with Crippen LogP contribution in [-0.2, 0) is 9.53 Å². The minimum absolute atomic E-state index is 0.0319. The minimum atomic E-state index is -0.824. The third-order valence-electron chi connectivity index (χ3n) is 4.19. The summed E-state index contributed by atoms with van der Waals surface area (Å²) >= 11 is 0. The number of carbonyl (C=O) groups excluding carboxylic acids is 3. The number of ether oxygens (including phenoxy) is 3. The van der Waals surface area contributed by atoms with Crippen molar-refractivity contribution in [2.24, 2.45) is 0 Å². The van der Waals surface area contributed by atoms with Crippen LogP contribution in [0.15, 0.2) is 30.9 Å². The van der Waals surface area contributed by atoms with E-state index in [1.165, 1.54) is 20.3 Å². The lowest BCUT2D eigenvalue weighted by molar-refractivity contribution is -0.116. The molecule has 0 aliphatic rings. The average Bonchev–Trinajstić information content (AvgIpc) is 3.07. The molecule has 0 saturated carbocycles. The molecule has 154 valence electrons. The lowest BCUT2D eigenvalue weighted by atomic mass is 9.97. The van der Waals surface area contributed by atoms with E-state index in [0.717, 1.165) is 0 Å². The molecule has 0 spiro atoms. The molecular weight excluding hydrogens is 376 g/mol. The smallest absolute Gasteiger partial charge is 0.340 e. The number of benzene rings is 1. The number of aryl methyl sites for hydroxylation is 1. The Hall–Kier alpha value is -3.55. The van der Waals surface area contributed by atoms with E-state index < -0.39 is 17.7 Å². The van der Waals surface area contributed by atoms with Gasteiger partial charge in [-0.2, -0.15) is 0 Å². The first kappa shape index (κ1) is 21.7. The van der Waals surface area contributed by atoms with Gasteiger partial charge in [0, 0.05) is 29.4 Å². The standard InChI is InChI=1S/C21H24N2O6/c1-6-10-22-20(25)19(24)18-17(16(12(3)23-18)21(26)29-7-2)14-9-8-13(27-4)11-15(14)28-5/h6,8-9,11,23H,1,7,10H2,2-5H3,(H,22,25). The van der Waals surface area contributed by atoms with Crippen LogP contribution in [0.5, 0.6) is 11.5 Å². The number of carbonyl (C=O) groups is 3. The molecule has 2 N–H and O–H groups in total. The number of H-pyrrole nitrogens is 1. The Kier molecular flexibility index (Phi) is 7.19. The maximum atomic E-state index is 12.8. The van der Waals surface area contributed by atoms with Crippen molar-refractivity contribution < 1.29 is 28.6 Å². The zero-order chi connectivity index (χ0) is 21.6. The SMILES string of the molecule is C=CCNC(=O)C(=O)c1[nH]c(C)c(C(=O)OCC)c1-c1ccc(OC)cc1OC. The first-order chi connectivity index (χ1) is 13.9. The molecule has 0 aliphatic carbocycles. The summed E-state index contributed by atoms with van der Waals surface area (Å²) in [4.78, 5) is 40.6. The highest BCUT2D eigenvalue weighted by Gasteiger charge is 2.31. The molecule has 29 heavy (non-hydrogen) atoms. The predicted octanol–water partition coefficient (Wildman–Crippen LogP) is 2.67. The first-order valence-corrected chi connectivity index (χ1v) is 8.95. The summed E-state index contributed by atoms with van der Waals surface area (Å²) in [6.45, 7) is 7.11. The lowest BCUT2D eigenvalue weighted by Crippen LogP contribution is -2.31. The van der Waals surface area contributed by atoms with Crippen LogP contribution < -0.4 is 14.8 Å². The molecule has 0 bridgehead atoms. The fourth-order valence-corrected chi connectivity index (χ4v) is 2.89. The van der Waals surface area contributed by atoms with Gasteiger partial charge in [0.2, 0.25) is 0 Å². The Morgan fingerprint density at radius 2 is 1.93 bits per heavy atom. The quantitative estimate of drug-likeness (QED) is 0.290. The third kappa shape index (κ3) is 4.48. The maximum Gasteiger partial charge on any atom is 0.340 e. The molecule has 2 aromatic rings. The van der Waals surface area contributed by atoms with E-state index in [0.29, 0.717) is 22.8 Å². The Labute approximate surface area is 168 Å². The van der Waals surface area contributed by atoms with Gasteiger partial charge in [-0.1, -0.05) is 6.08 Å². The van der Waals surface area contributed by atoms with Crippen LogP contribution in [0.1, 0.15) is 33.5 Å². The van der Waals surface area contributed by atoms with E-state index >= 15 is 0 Å². The molecule has 8 nitrogen and oxygen atoms in total. The highest BCUT2D eigenvalue weighted by Crippen LogP contribution is 2.39. The first-order valence-electron chi connectivity index (χ1n) is 8.95. The van der Waals surface area contributed by atoms with Crippen LogP contribution in [0.2, 0.25) is 0 Å². The fourth-order valence-electron chi connectivity index (χ4n) is 2.89. The van der Waals surface area contributed by atoms with Gasteiger partial charge in [0.05, 0.1) is 26.4 Å². The fraction of sp³-hybridized carbons (Fsp3) is 0.286. The Morgan fingerprint density at radius 3 is 2.52 bits per heavy atom. The van der Waals surface area contributed by atoms with Gasteiger partial charge in [0.15, 0.2) is 0 Å². The summed E-state index contributed by atoms with van der Waals surface area (Å²) in [5, 5.41) is 2.45. The van der Waals surface area contributed by atoms with Gasteiger partial charge < -0.3 is 24.5 Å². The topological polar surface area (TPSA) is 107 Å². The van der Waals surface area contributed by atoms with Crippen LogP contribution in [-0.4, -0.2) is 50.0 Å². The van der Waals surface area contributed by atoms with Gasteiger partial charge in [-0.3, -0.25) is 9.59 Å². The van der Waals surface area contributed by atoms with Crippen molar-refractivity contribution >= 4 is 17.7 Å². The summed E-state index contributed by atoms with van der Waals surface area (Å²) < 4.78 is 15.8. The summed E-state index contributed by atoms with van der Waals surface area (Å²) in [5.74, 6) is -1.35. The molecular formula is C21H24N2O6. The second-order valence-corrected chi connectivity index (χ2v) is 5.99. The second-order valence-electron chi connectivity index (χ2n) is 5.99. The molecule has 1 aromatic heterocycles. The van der Waals surface area contributed by atoms with Crippen molar-refractivity contribution in [3.8, 4) is 22.6 Å². The average molecular weight is 400 g/mol. The van der Waals surface area contributed by atoms with E-state index in [-0.39, 0.29) is 30.0 Å². The van der Waals surface area contributed by atoms with Crippen LogP contribution >= 0.6 is 0 Å². The summed E-state index contributed by atoms with van der Waals surface area (Å²) in [6, 6.07) is 4.95. The zero-order valence-electron chi connectivity index (χ0n) is 16.9. The van der Waals surface area contributed by atoms with Crippen molar-refractivity contribution in [1.29, 1.82) is 0 Å². The molecule has 0 radical (unpaired) electrons. The molecule has 1 amide bonds. The molecule has 0 unspecified atom stereocenters. The molecule has 1 aromatic carbocycles. The Morgan fingerprint density at radius 1 is 1.21 bits per heavy atom. The van der Waals surface area contributed by atoms with Gasteiger partial charge in [0.1, 0.15) is 17.2 Å². The number of esters is 1. The van der Waals surface area contributed by atoms with Crippen LogP contribution in [0.25, 0.3) is 11.1 Å². The number of ketones is 1. The van der Waals surface area contributed by atoms with Crippen molar-refractivity contribution in [3.05, 3.63) is 47.8 Å². The minimum Gasteiger partial charge on any atom is -0.497 e. The number of methoxy groups -OCH3 is 2. The van der Waals surface area contributed by atoms with Crippen LogP contribution in [0, 0.1) is 6.92 Å². The number of hydrogen-bond donors (Lipinski definition) is 2. The predicted molar refractivity (Wildman–Crippen MR) is 108 cm³/mol. The molecule has 0 fully saturated rings. The van der Waals surface area contributed by atoms with E-state index in [1.807, 2.05) is 0 Å². The normalized spacial score (nSPS) is 10.2. The summed E-state index contributed by atoms with van der Waals surface area (Å²) in [5.41, 5.74) is 1.21. The number of hydrogen-bond acceptors (Lipinski definition) is 6. The van der Waals surface area contributed by atoms with Crippen molar-refractivity contribution in [3.63, 3.8) is 0 Å². The molecule has 8 heteroatoms. The number of aromatic nitrogens is 1. The van der Waals surface area contributed by atoms with Crippen LogP contribution in [0.3, 0.4) is 0 Å². The largest absolute Gasteiger partial charge is 0.497 e. The number of aromatic amines is 1. The van der Waals surface area contributed by atoms with Crippen molar-refractivity contribution in [2.45, 2.75) is 13.8 Å². The number of nitrogens with one attached hydrogen (secondary N) is 2. The molecule has 0 atom stereocenters. The zero-order valence-corrected chi connectivity index (χ0v) is 16.9. The van der Waals surface area contributed by atoms with Gasteiger partial charge in [0.25, 0.3) is 11.7 Å². The van der Waals surface area contributed by atoms with Gasteiger partial charge >= 0.3 is 5.97 Å². The van der Waals surface area contributed by atoms with E-state index in [1.54, 1.807) is 32.0 Å². The molecule has 0 aliphatic heterocycles. The Balaban J connectivity index is 2.73. The van der Waals surface area contributed by atoms with E-state index in [2.05, 4.69) is 16.9 Å². The van der Waals surface area contributed by atoms with Gasteiger partial charge in [-0.15, -0.1) is 6.58 Å². The lowest BCUT2D eigenvalue weighted by Gasteiger charge is -2.13. The summed E-state index contributed by atoms with van der Waals surface area (Å²) in [7, 11) is 2.97. The Bertz CT molecular complexity index is 945. The second kappa shape index (κ2) is 9.59. The number of amides is 1. The van der Waals surface area contributed by atoms with Gasteiger partial charge in [-0.25, -0.2) is 4.79 Å². The maximum absolute atomic E-state index is 12.8. The van der Waals surface area contributed by atoms with Gasteiger partial charge in [-0.05, 0) is 26.0 Å². The third-order valence-corrected chi connectivity index (χ3v) is 4.19. The van der Waals surface area contributed by atoms with E-state index in [9.17, 15) is 14.4 Å². The molecule has 0 saturated heterocycles. The number of rotatable bonds is 9. The monoisotopic (exact) mass is 400 g/mol. The number of Topliss-reactive ketones (excluding diaryl/α,β-unsaturated/α-hetero) is 1. The van der Waals surface area contributed by atoms with Crippen molar-refractivity contribution in [1.82, 2.24) is 10.3 Å². The molecule has 2 rings (SSSR count). The van der Waals surface area contributed by atoms with E-state index in [4.69, 9.17) is 14.2 Å².